The van der Waals surface area contributed by atoms with Crippen molar-refractivity contribution in [2.75, 3.05) is 43.4 Å². The number of rotatable bonds is 5. The Morgan fingerprint density at radius 3 is 2.62 bits per heavy atom. The van der Waals surface area contributed by atoms with Crippen LogP contribution in [0.25, 0.3) is 16.9 Å². The van der Waals surface area contributed by atoms with Crippen LogP contribution in [-0.2, 0) is 6.54 Å². The number of aromatic nitrogens is 4. The molecule has 1 aliphatic heterocycles. The second kappa shape index (κ2) is 8.76. The first-order chi connectivity index (χ1) is 15.6. The third kappa shape index (κ3) is 4.13. The van der Waals surface area contributed by atoms with Gasteiger partial charge in [-0.05, 0) is 29.0 Å². The molecule has 4 aromatic rings. The molecule has 3 aromatic heterocycles. The molecule has 2 N–H and O–H groups in total. The molecule has 0 amide bonds. The molecule has 1 fully saturated rings. The summed E-state index contributed by atoms with van der Waals surface area (Å²) in [6.07, 6.45) is 3.50. The average Bonchev–Trinajstić information content (AvgIpc) is 3.20. The van der Waals surface area contributed by atoms with E-state index in [-0.39, 0.29) is 0 Å². The molecular weight excluding hydrogens is 470 g/mol. The predicted molar refractivity (Wildman–Crippen MR) is 127 cm³/mol. The molecular formula is C23H25BrN7O+. The molecule has 9 heteroatoms. The number of nitrogens with zero attached hydrogens (tertiary/aromatic N) is 6. The minimum Gasteiger partial charge on any atom is -0.366 e. The smallest absolute Gasteiger partial charge is 0.316 e. The van der Waals surface area contributed by atoms with Gasteiger partial charge in [-0.2, -0.15) is 9.61 Å². The standard InChI is InChI=1S/C23H25BrN7O/c1-28-9-11-29(12-10-28)22-8-7-17(16-30(22)32)14-25-21-13-20(18-5-3-2-4-6-18)27-23-19(24)15-26-31(21)23/h2-8,13,15-16,25,32H,9-12,14H2,1H3/q+1. The van der Waals surface area contributed by atoms with Crippen LogP contribution in [0.1, 0.15) is 5.56 Å². The van der Waals surface area contributed by atoms with Crippen LogP contribution >= 0.6 is 15.9 Å². The monoisotopic (exact) mass is 494 g/mol. The van der Waals surface area contributed by atoms with E-state index in [9.17, 15) is 5.21 Å². The molecule has 0 aliphatic carbocycles. The van der Waals surface area contributed by atoms with E-state index in [1.165, 1.54) is 4.73 Å². The lowest BCUT2D eigenvalue weighted by Gasteiger charge is -2.28. The van der Waals surface area contributed by atoms with Gasteiger partial charge in [0.15, 0.2) is 5.65 Å². The van der Waals surface area contributed by atoms with Gasteiger partial charge in [-0.1, -0.05) is 35.1 Å². The first-order valence-electron chi connectivity index (χ1n) is 10.6. The Balaban J connectivity index is 1.39. The molecule has 5 rings (SSSR count). The van der Waals surface area contributed by atoms with Gasteiger partial charge >= 0.3 is 5.82 Å². The maximum absolute atomic E-state index is 10.6. The number of likely N-dealkylation sites (N-methyl/N-ethyl adjacent to an activating group) is 1. The molecule has 8 nitrogen and oxygen atoms in total. The van der Waals surface area contributed by atoms with E-state index in [1.54, 1.807) is 16.9 Å². The predicted octanol–water partition coefficient (Wildman–Crippen LogP) is 3.05. The van der Waals surface area contributed by atoms with E-state index in [4.69, 9.17) is 4.98 Å². The van der Waals surface area contributed by atoms with Crippen LogP contribution in [0.15, 0.2) is 65.4 Å². The molecule has 1 aromatic carbocycles. The van der Waals surface area contributed by atoms with Gasteiger partial charge in [0.25, 0.3) is 0 Å². The molecule has 0 unspecified atom stereocenters. The highest BCUT2D eigenvalue weighted by Crippen LogP contribution is 2.26. The van der Waals surface area contributed by atoms with Crippen molar-refractivity contribution >= 4 is 33.2 Å². The van der Waals surface area contributed by atoms with E-state index < -0.39 is 0 Å². The molecule has 1 aliphatic rings. The zero-order chi connectivity index (χ0) is 22.1. The number of hydrogen-bond donors (Lipinski definition) is 2. The number of piperazine rings is 1. The maximum atomic E-state index is 10.6. The Kier molecular flexibility index (Phi) is 5.67. The van der Waals surface area contributed by atoms with Gasteiger partial charge in [0.1, 0.15) is 12.0 Å². The molecule has 32 heavy (non-hydrogen) atoms. The molecule has 1 saturated heterocycles. The summed E-state index contributed by atoms with van der Waals surface area (Å²) in [5, 5.41) is 18.5. The summed E-state index contributed by atoms with van der Waals surface area (Å²) in [7, 11) is 2.12. The molecule has 0 saturated carbocycles. The van der Waals surface area contributed by atoms with Crippen LogP contribution < -0.4 is 14.9 Å². The van der Waals surface area contributed by atoms with Crippen LogP contribution in [0.2, 0.25) is 0 Å². The second-order valence-electron chi connectivity index (χ2n) is 8.00. The Hall–Kier alpha value is -3.17. The van der Waals surface area contributed by atoms with Crippen molar-refractivity contribution in [3.63, 3.8) is 0 Å². The number of benzene rings is 1. The minimum atomic E-state index is 0.536. The summed E-state index contributed by atoms with van der Waals surface area (Å²) in [5.74, 6) is 1.64. The highest BCUT2D eigenvalue weighted by atomic mass is 79.9. The summed E-state index contributed by atoms with van der Waals surface area (Å²) in [6.45, 7) is 4.32. The number of fused-ring (bicyclic) bond motifs is 1. The van der Waals surface area contributed by atoms with Gasteiger partial charge in [-0.3, -0.25) is 9.80 Å². The number of nitrogens with one attached hydrogen (secondary N) is 1. The van der Waals surface area contributed by atoms with E-state index in [2.05, 4.69) is 43.2 Å². The van der Waals surface area contributed by atoms with Crippen molar-refractivity contribution in [3.05, 3.63) is 71.0 Å². The van der Waals surface area contributed by atoms with Gasteiger partial charge in [0.2, 0.25) is 0 Å². The fourth-order valence-electron chi connectivity index (χ4n) is 3.93. The fraction of sp³-hybridized carbons (Fsp3) is 0.261. The van der Waals surface area contributed by atoms with Gasteiger partial charge in [-0.25, -0.2) is 4.98 Å². The van der Waals surface area contributed by atoms with Crippen molar-refractivity contribution in [3.8, 4) is 11.3 Å². The van der Waals surface area contributed by atoms with E-state index in [0.717, 1.165) is 64.8 Å². The van der Waals surface area contributed by atoms with Crippen molar-refractivity contribution in [1.82, 2.24) is 19.5 Å². The third-order valence-electron chi connectivity index (χ3n) is 5.77. The quantitative estimate of drug-likeness (QED) is 0.328. The summed E-state index contributed by atoms with van der Waals surface area (Å²) >= 11 is 3.55. The van der Waals surface area contributed by atoms with Crippen molar-refractivity contribution in [2.24, 2.45) is 0 Å². The molecule has 0 atom stereocenters. The van der Waals surface area contributed by atoms with Crippen LogP contribution in [0.3, 0.4) is 0 Å². The largest absolute Gasteiger partial charge is 0.366 e. The highest BCUT2D eigenvalue weighted by Gasteiger charge is 2.24. The summed E-state index contributed by atoms with van der Waals surface area (Å²) < 4.78 is 3.84. The minimum absolute atomic E-state index is 0.536. The van der Waals surface area contributed by atoms with Crippen molar-refractivity contribution in [1.29, 1.82) is 0 Å². The maximum Gasteiger partial charge on any atom is 0.316 e. The first-order valence-corrected chi connectivity index (χ1v) is 11.4. The van der Waals surface area contributed by atoms with E-state index in [1.807, 2.05) is 48.5 Å². The van der Waals surface area contributed by atoms with Gasteiger partial charge < -0.3 is 10.5 Å². The lowest BCUT2D eigenvalue weighted by atomic mass is 10.1. The van der Waals surface area contributed by atoms with Crippen molar-refractivity contribution < 1.29 is 9.94 Å². The summed E-state index contributed by atoms with van der Waals surface area (Å²) in [6, 6.07) is 16.1. The molecule has 4 heterocycles. The zero-order valence-electron chi connectivity index (χ0n) is 17.8. The highest BCUT2D eigenvalue weighted by molar-refractivity contribution is 9.10. The lowest BCUT2D eigenvalue weighted by molar-refractivity contribution is -0.894. The van der Waals surface area contributed by atoms with Gasteiger partial charge in [-0.15, -0.1) is 0 Å². The number of halogens is 1. The lowest BCUT2D eigenvalue weighted by Crippen LogP contribution is -2.49. The Bertz CT molecular complexity index is 1240. The Morgan fingerprint density at radius 2 is 1.88 bits per heavy atom. The van der Waals surface area contributed by atoms with Crippen molar-refractivity contribution in [2.45, 2.75) is 6.54 Å². The van der Waals surface area contributed by atoms with Crippen LogP contribution in [0, 0.1) is 0 Å². The second-order valence-corrected chi connectivity index (χ2v) is 8.86. The SMILES string of the molecule is CN1CCN(c2ccc(CNc3cc(-c4ccccc4)nc4c(Br)cnn34)c[n+]2O)CC1. The Morgan fingerprint density at radius 1 is 1.09 bits per heavy atom. The fourth-order valence-corrected chi connectivity index (χ4v) is 4.27. The van der Waals surface area contributed by atoms with Crippen LogP contribution in [-0.4, -0.2) is 57.9 Å². The number of hydrogen-bond acceptors (Lipinski definition) is 6. The molecule has 164 valence electrons. The summed E-state index contributed by atoms with van der Waals surface area (Å²) in [5.41, 5.74) is 3.61. The van der Waals surface area contributed by atoms with Crippen LogP contribution in [0.4, 0.5) is 11.6 Å². The summed E-state index contributed by atoms with van der Waals surface area (Å²) in [4.78, 5) is 9.26. The molecule has 0 spiro atoms. The first kappa shape index (κ1) is 20.7. The number of anilines is 2. The molecule has 0 radical (unpaired) electrons. The van der Waals surface area contributed by atoms with Gasteiger partial charge in [0, 0.05) is 42.9 Å². The number of pyridine rings is 1. The topological polar surface area (TPSA) is 72.8 Å². The van der Waals surface area contributed by atoms with Gasteiger partial charge in [0.05, 0.1) is 29.5 Å². The molecule has 0 bridgehead atoms. The Labute approximate surface area is 194 Å². The zero-order valence-corrected chi connectivity index (χ0v) is 19.4. The average molecular weight is 495 g/mol. The normalized spacial score (nSPS) is 14.8. The van der Waals surface area contributed by atoms with Crippen LogP contribution in [0.5, 0.6) is 0 Å². The van der Waals surface area contributed by atoms with E-state index >= 15 is 0 Å². The van der Waals surface area contributed by atoms with E-state index in [0.29, 0.717) is 6.54 Å². The third-order valence-corrected chi connectivity index (χ3v) is 6.33.